The lowest BCUT2D eigenvalue weighted by Crippen LogP contribution is -2.01. The molecule has 3 heteroatoms. The molecule has 0 saturated carbocycles. The van der Waals surface area contributed by atoms with E-state index in [1.807, 2.05) is 18.2 Å². The normalized spacial score (nSPS) is 11.4. The van der Waals surface area contributed by atoms with Crippen LogP contribution in [0.1, 0.15) is 25.1 Å². The Morgan fingerprint density at radius 2 is 2.06 bits per heavy atom. The van der Waals surface area contributed by atoms with Crippen molar-refractivity contribution in [1.29, 1.82) is 0 Å². The number of hydrogen-bond acceptors (Lipinski definition) is 2. The minimum Gasteiger partial charge on any atom is -0.398 e. The topological polar surface area (TPSA) is 38.9 Å². The van der Waals surface area contributed by atoms with Crippen LogP contribution in [-0.2, 0) is 6.42 Å². The summed E-state index contributed by atoms with van der Waals surface area (Å²) in [6.45, 7) is 6.45. The molecule has 1 aromatic heterocycles. The molecule has 0 fully saturated rings. The Morgan fingerprint density at radius 3 is 2.71 bits per heavy atom. The summed E-state index contributed by atoms with van der Waals surface area (Å²) >= 11 is 3.54. The van der Waals surface area contributed by atoms with E-state index in [0.717, 1.165) is 38.7 Å². The van der Waals surface area contributed by atoms with Crippen LogP contribution in [0.2, 0.25) is 0 Å². The third kappa shape index (κ3) is 2.44. The first kappa shape index (κ1) is 12.4. The van der Waals surface area contributed by atoms with Gasteiger partial charge < -0.3 is 5.73 Å². The number of nitrogens with zero attached hydrogens (tertiary/aromatic N) is 1. The molecule has 90 valence electrons. The Morgan fingerprint density at radius 1 is 1.35 bits per heavy atom. The molecule has 2 N–H and O–H groups in total. The number of fused-ring (bicyclic) bond motifs is 1. The highest BCUT2D eigenvalue weighted by Crippen LogP contribution is 2.28. The summed E-state index contributed by atoms with van der Waals surface area (Å²) in [4.78, 5) is 4.73. The SMILES string of the molecule is Cc1c(Br)ccc2c(N)cc(CC(C)C)nc12. The molecule has 0 aliphatic rings. The van der Waals surface area contributed by atoms with Crippen molar-refractivity contribution in [3.05, 3.63) is 33.9 Å². The van der Waals surface area contributed by atoms with Crippen LogP contribution < -0.4 is 5.73 Å². The van der Waals surface area contributed by atoms with Crippen molar-refractivity contribution in [1.82, 2.24) is 4.98 Å². The van der Waals surface area contributed by atoms with Crippen LogP contribution >= 0.6 is 15.9 Å². The van der Waals surface area contributed by atoms with Gasteiger partial charge in [0.05, 0.1) is 5.52 Å². The summed E-state index contributed by atoms with van der Waals surface area (Å²) in [7, 11) is 0. The van der Waals surface area contributed by atoms with Crippen molar-refractivity contribution in [2.24, 2.45) is 5.92 Å². The number of rotatable bonds is 2. The van der Waals surface area contributed by atoms with Crippen LogP contribution in [0.15, 0.2) is 22.7 Å². The lowest BCUT2D eigenvalue weighted by atomic mass is 10.0. The highest BCUT2D eigenvalue weighted by molar-refractivity contribution is 9.10. The molecule has 0 aliphatic heterocycles. The van der Waals surface area contributed by atoms with E-state index in [4.69, 9.17) is 10.7 Å². The van der Waals surface area contributed by atoms with E-state index >= 15 is 0 Å². The number of nitrogens with two attached hydrogens (primary N) is 1. The molecule has 17 heavy (non-hydrogen) atoms. The molecule has 2 nitrogen and oxygen atoms in total. The molecule has 0 radical (unpaired) electrons. The molecule has 0 bridgehead atoms. The van der Waals surface area contributed by atoms with E-state index in [9.17, 15) is 0 Å². The van der Waals surface area contributed by atoms with Gasteiger partial charge in [0.1, 0.15) is 0 Å². The first-order chi connectivity index (χ1) is 7.99. The fraction of sp³-hybridized carbons (Fsp3) is 0.357. The van der Waals surface area contributed by atoms with Crippen LogP contribution in [-0.4, -0.2) is 4.98 Å². The van der Waals surface area contributed by atoms with Crippen LogP contribution in [0.5, 0.6) is 0 Å². The third-order valence-electron chi connectivity index (χ3n) is 2.87. The molecular weight excluding hydrogens is 276 g/mol. The predicted octanol–water partition coefficient (Wildman–Crippen LogP) is 4.09. The van der Waals surface area contributed by atoms with Crippen molar-refractivity contribution in [3.63, 3.8) is 0 Å². The summed E-state index contributed by atoms with van der Waals surface area (Å²) in [5.41, 5.74) is 10.2. The van der Waals surface area contributed by atoms with Gasteiger partial charge >= 0.3 is 0 Å². The number of anilines is 1. The predicted molar refractivity (Wildman–Crippen MR) is 77.1 cm³/mol. The maximum absolute atomic E-state index is 6.10. The first-order valence-corrected chi connectivity index (χ1v) is 6.62. The number of aromatic nitrogens is 1. The van der Waals surface area contributed by atoms with Gasteiger partial charge in [0.2, 0.25) is 0 Å². The Balaban J connectivity index is 2.66. The number of aryl methyl sites for hydroxylation is 1. The highest BCUT2D eigenvalue weighted by Gasteiger charge is 2.08. The van der Waals surface area contributed by atoms with Gasteiger partial charge in [0.15, 0.2) is 0 Å². The van der Waals surface area contributed by atoms with Gasteiger partial charge in [-0.2, -0.15) is 0 Å². The zero-order valence-electron chi connectivity index (χ0n) is 10.4. The van der Waals surface area contributed by atoms with Gasteiger partial charge in [-0.15, -0.1) is 0 Å². The lowest BCUT2D eigenvalue weighted by molar-refractivity contribution is 0.637. The van der Waals surface area contributed by atoms with Gasteiger partial charge in [-0.1, -0.05) is 29.8 Å². The third-order valence-corrected chi connectivity index (χ3v) is 3.73. The first-order valence-electron chi connectivity index (χ1n) is 5.83. The molecule has 0 aliphatic carbocycles. The lowest BCUT2D eigenvalue weighted by Gasteiger charge is -2.10. The van der Waals surface area contributed by atoms with Gasteiger partial charge in [-0.05, 0) is 43.0 Å². The summed E-state index contributed by atoms with van der Waals surface area (Å²) in [5, 5.41) is 1.04. The monoisotopic (exact) mass is 292 g/mol. The second-order valence-corrected chi connectivity index (χ2v) is 5.72. The van der Waals surface area contributed by atoms with Crippen LogP contribution in [0.3, 0.4) is 0 Å². The summed E-state index contributed by atoms with van der Waals surface area (Å²) in [6, 6.07) is 6.04. The number of nitrogen functional groups attached to an aromatic ring is 1. The minimum atomic E-state index is 0.590. The molecule has 0 amide bonds. The largest absolute Gasteiger partial charge is 0.398 e. The molecule has 1 aromatic carbocycles. The van der Waals surface area contributed by atoms with Gasteiger partial charge in [-0.25, -0.2) is 0 Å². The van der Waals surface area contributed by atoms with Gasteiger partial charge in [0, 0.05) is 21.2 Å². The Hall–Kier alpha value is -1.09. The zero-order valence-corrected chi connectivity index (χ0v) is 12.0. The summed E-state index contributed by atoms with van der Waals surface area (Å²) < 4.78 is 1.08. The fourth-order valence-electron chi connectivity index (χ4n) is 2.01. The smallest absolute Gasteiger partial charge is 0.0766 e. The van der Waals surface area contributed by atoms with Crippen molar-refractivity contribution in [2.45, 2.75) is 27.2 Å². The quantitative estimate of drug-likeness (QED) is 0.906. The molecule has 0 spiro atoms. The molecule has 0 unspecified atom stereocenters. The zero-order chi connectivity index (χ0) is 12.6. The molecule has 2 rings (SSSR count). The molecule has 1 heterocycles. The number of benzene rings is 1. The molecule has 2 aromatic rings. The van der Waals surface area contributed by atoms with E-state index < -0.39 is 0 Å². The minimum absolute atomic E-state index is 0.590. The van der Waals surface area contributed by atoms with Crippen LogP contribution in [0.4, 0.5) is 5.69 Å². The summed E-state index contributed by atoms with van der Waals surface area (Å²) in [5.74, 6) is 0.590. The van der Waals surface area contributed by atoms with E-state index in [-0.39, 0.29) is 0 Å². The maximum atomic E-state index is 6.10. The molecular formula is C14H17BrN2. The van der Waals surface area contributed by atoms with Crippen molar-refractivity contribution >= 4 is 32.5 Å². The van der Waals surface area contributed by atoms with E-state index in [0.29, 0.717) is 5.92 Å². The Labute approximate surface area is 110 Å². The average Bonchev–Trinajstić information content (AvgIpc) is 2.23. The van der Waals surface area contributed by atoms with E-state index in [1.54, 1.807) is 0 Å². The summed E-state index contributed by atoms with van der Waals surface area (Å²) in [6.07, 6.45) is 0.964. The average molecular weight is 293 g/mol. The van der Waals surface area contributed by atoms with Gasteiger partial charge in [0.25, 0.3) is 0 Å². The molecule has 0 saturated heterocycles. The van der Waals surface area contributed by atoms with Crippen molar-refractivity contribution < 1.29 is 0 Å². The second-order valence-electron chi connectivity index (χ2n) is 4.87. The number of halogens is 1. The Kier molecular flexibility index (Phi) is 3.38. The number of hydrogen-bond donors (Lipinski definition) is 1. The highest BCUT2D eigenvalue weighted by atomic mass is 79.9. The van der Waals surface area contributed by atoms with E-state index in [1.165, 1.54) is 0 Å². The maximum Gasteiger partial charge on any atom is 0.0766 e. The second kappa shape index (κ2) is 4.65. The van der Waals surface area contributed by atoms with Crippen molar-refractivity contribution in [2.75, 3.05) is 5.73 Å². The number of pyridine rings is 1. The van der Waals surface area contributed by atoms with Crippen LogP contribution in [0.25, 0.3) is 10.9 Å². The standard InChI is InChI=1S/C14H17BrN2/c1-8(2)6-10-7-13(16)11-4-5-12(15)9(3)14(11)17-10/h4-5,7-8H,6H2,1-3H3,(H2,16,17). The fourth-order valence-corrected chi connectivity index (χ4v) is 2.33. The van der Waals surface area contributed by atoms with E-state index in [2.05, 4.69) is 36.7 Å². The van der Waals surface area contributed by atoms with Gasteiger partial charge in [-0.3, -0.25) is 4.98 Å². The van der Waals surface area contributed by atoms with Crippen molar-refractivity contribution in [3.8, 4) is 0 Å². The van der Waals surface area contributed by atoms with Crippen LogP contribution in [0, 0.1) is 12.8 Å². The molecule has 0 atom stereocenters. The Bertz CT molecular complexity index is 562.